The predicted molar refractivity (Wildman–Crippen MR) is 109 cm³/mol. The smallest absolute Gasteiger partial charge is 0.315 e. The van der Waals surface area contributed by atoms with Crippen molar-refractivity contribution in [2.45, 2.75) is 39.4 Å². The SMILES string of the molecule is CC(C)NC(=O)NCc1ccc(C(=O)NC(C)c2ccc(Cl)cc2Cl)cc1. The molecule has 0 bridgehead atoms. The van der Waals surface area contributed by atoms with Crippen molar-refractivity contribution in [1.82, 2.24) is 16.0 Å². The number of halogens is 2. The van der Waals surface area contributed by atoms with Gasteiger partial charge in [0.1, 0.15) is 0 Å². The van der Waals surface area contributed by atoms with Gasteiger partial charge in [-0.3, -0.25) is 4.79 Å². The third-order valence-electron chi connectivity index (χ3n) is 3.87. The van der Waals surface area contributed by atoms with E-state index in [1.165, 1.54) is 0 Å². The maximum absolute atomic E-state index is 12.4. The van der Waals surface area contributed by atoms with E-state index < -0.39 is 0 Å². The fourth-order valence-electron chi connectivity index (χ4n) is 2.48. The van der Waals surface area contributed by atoms with Crippen molar-refractivity contribution < 1.29 is 9.59 Å². The number of urea groups is 1. The second kappa shape index (κ2) is 9.62. The third-order valence-corrected chi connectivity index (χ3v) is 4.43. The molecule has 27 heavy (non-hydrogen) atoms. The highest BCUT2D eigenvalue weighted by Gasteiger charge is 2.14. The number of hydrogen-bond donors (Lipinski definition) is 3. The number of rotatable bonds is 6. The van der Waals surface area contributed by atoms with Crippen LogP contribution in [-0.2, 0) is 6.54 Å². The molecule has 2 aromatic carbocycles. The van der Waals surface area contributed by atoms with Crippen molar-refractivity contribution in [3.8, 4) is 0 Å². The van der Waals surface area contributed by atoms with E-state index in [9.17, 15) is 9.59 Å². The van der Waals surface area contributed by atoms with Crippen molar-refractivity contribution in [2.75, 3.05) is 0 Å². The fourth-order valence-corrected chi connectivity index (χ4v) is 3.05. The molecular formula is C20H23Cl2N3O2. The van der Waals surface area contributed by atoms with Crippen LogP contribution in [0.5, 0.6) is 0 Å². The number of carbonyl (C=O) groups is 2. The number of benzene rings is 2. The van der Waals surface area contributed by atoms with Gasteiger partial charge in [-0.05, 0) is 56.2 Å². The summed E-state index contributed by atoms with van der Waals surface area (Å²) >= 11 is 12.1. The Kier molecular flexibility index (Phi) is 7.51. The molecule has 3 amide bonds. The highest BCUT2D eigenvalue weighted by molar-refractivity contribution is 6.35. The van der Waals surface area contributed by atoms with Crippen molar-refractivity contribution in [3.05, 3.63) is 69.2 Å². The number of nitrogens with one attached hydrogen (secondary N) is 3. The zero-order valence-electron chi connectivity index (χ0n) is 15.5. The lowest BCUT2D eigenvalue weighted by Crippen LogP contribution is -2.39. The number of carbonyl (C=O) groups excluding carboxylic acids is 2. The van der Waals surface area contributed by atoms with Crippen LogP contribution in [0.2, 0.25) is 10.0 Å². The van der Waals surface area contributed by atoms with E-state index in [1.807, 2.05) is 32.9 Å². The molecule has 2 aromatic rings. The van der Waals surface area contributed by atoms with E-state index >= 15 is 0 Å². The lowest BCUT2D eigenvalue weighted by Gasteiger charge is -2.16. The van der Waals surface area contributed by atoms with Crippen molar-refractivity contribution in [2.24, 2.45) is 0 Å². The van der Waals surface area contributed by atoms with Crippen LogP contribution < -0.4 is 16.0 Å². The third kappa shape index (κ3) is 6.45. The summed E-state index contributed by atoms with van der Waals surface area (Å²) in [5.74, 6) is -0.203. The second-order valence-corrected chi connectivity index (χ2v) is 7.38. The first-order chi connectivity index (χ1) is 12.8. The van der Waals surface area contributed by atoms with Gasteiger partial charge >= 0.3 is 6.03 Å². The summed E-state index contributed by atoms with van der Waals surface area (Å²) < 4.78 is 0. The van der Waals surface area contributed by atoms with Gasteiger partial charge in [-0.2, -0.15) is 0 Å². The lowest BCUT2D eigenvalue weighted by molar-refractivity contribution is 0.0940. The Morgan fingerprint density at radius 1 is 0.963 bits per heavy atom. The first kappa shape index (κ1) is 21.1. The summed E-state index contributed by atoms with van der Waals surface area (Å²) in [5, 5.41) is 9.50. The lowest BCUT2D eigenvalue weighted by atomic mass is 10.1. The zero-order valence-corrected chi connectivity index (χ0v) is 17.0. The Labute approximate surface area is 169 Å². The molecule has 1 atom stereocenters. The summed E-state index contributed by atoms with van der Waals surface area (Å²) in [6.45, 7) is 6.03. The molecule has 7 heteroatoms. The molecule has 1 unspecified atom stereocenters. The van der Waals surface area contributed by atoms with Crippen LogP contribution in [-0.4, -0.2) is 18.0 Å². The molecule has 0 fully saturated rings. The van der Waals surface area contributed by atoms with E-state index in [2.05, 4.69) is 16.0 Å². The Bertz CT molecular complexity index is 807. The van der Waals surface area contributed by atoms with E-state index in [0.29, 0.717) is 22.2 Å². The van der Waals surface area contributed by atoms with Gasteiger partial charge in [-0.25, -0.2) is 4.79 Å². The van der Waals surface area contributed by atoms with Crippen LogP contribution in [0.1, 0.15) is 48.3 Å². The van der Waals surface area contributed by atoms with Gasteiger partial charge in [0.05, 0.1) is 6.04 Å². The first-order valence-electron chi connectivity index (χ1n) is 8.65. The largest absolute Gasteiger partial charge is 0.345 e. The minimum Gasteiger partial charge on any atom is -0.345 e. The van der Waals surface area contributed by atoms with E-state index in [0.717, 1.165) is 11.1 Å². The Morgan fingerprint density at radius 3 is 2.22 bits per heavy atom. The molecule has 0 aromatic heterocycles. The average Bonchev–Trinajstić information content (AvgIpc) is 2.59. The van der Waals surface area contributed by atoms with Gasteiger partial charge in [-0.1, -0.05) is 41.4 Å². The van der Waals surface area contributed by atoms with Crippen LogP contribution in [0.25, 0.3) is 0 Å². The summed E-state index contributed by atoms with van der Waals surface area (Å²) in [6, 6.07) is 11.9. The Morgan fingerprint density at radius 2 is 1.63 bits per heavy atom. The Balaban J connectivity index is 1.94. The summed E-state index contributed by atoms with van der Waals surface area (Å²) in [7, 11) is 0. The topological polar surface area (TPSA) is 70.2 Å². The van der Waals surface area contributed by atoms with Gasteiger partial charge in [0, 0.05) is 28.2 Å². The molecule has 0 aliphatic rings. The minimum absolute atomic E-state index is 0.0761. The zero-order chi connectivity index (χ0) is 20.0. The van der Waals surface area contributed by atoms with E-state index in [-0.39, 0.29) is 24.0 Å². The highest BCUT2D eigenvalue weighted by atomic mass is 35.5. The predicted octanol–water partition coefficient (Wildman–Crippen LogP) is 4.69. The van der Waals surface area contributed by atoms with Crippen molar-refractivity contribution in [3.63, 3.8) is 0 Å². The van der Waals surface area contributed by atoms with Gasteiger partial charge in [0.15, 0.2) is 0 Å². The minimum atomic E-state index is -0.261. The normalized spacial score (nSPS) is 11.8. The summed E-state index contributed by atoms with van der Waals surface area (Å²) in [4.78, 5) is 24.0. The molecular weight excluding hydrogens is 385 g/mol. The van der Waals surface area contributed by atoms with Crippen molar-refractivity contribution >= 4 is 35.1 Å². The number of amides is 3. The molecule has 5 nitrogen and oxygen atoms in total. The number of hydrogen-bond acceptors (Lipinski definition) is 2. The first-order valence-corrected chi connectivity index (χ1v) is 9.41. The van der Waals surface area contributed by atoms with Crippen LogP contribution in [0, 0.1) is 0 Å². The monoisotopic (exact) mass is 407 g/mol. The molecule has 2 rings (SSSR count). The Hall–Kier alpha value is -2.24. The standard InChI is InChI=1S/C20H23Cl2N3O2/c1-12(2)24-20(27)23-11-14-4-6-15(7-5-14)19(26)25-13(3)17-9-8-16(21)10-18(17)22/h4-10,12-13H,11H2,1-3H3,(H,25,26)(H2,23,24,27). The maximum Gasteiger partial charge on any atom is 0.315 e. The molecule has 0 aliphatic heterocycles. The molecule has 0 heterocycles. The molecule has 0 saturated carbocycles. The van der Waals surface area contributed by atoms with E-state index in [4.69, 9.17) is 23.2 Å². The van der Waals surface area contributed by atoms with Crippen LogP contribution >= 0.6 is 23.2 Å². The summed E-state index contributed by atoms with van der Waals surface area (Å²) in [5.41, 5.74) is 2.23. The summed E-state index contributed by atoms with van der Waals surface area (Å²) in [6.07, 6.45) is 0. The van der Waals surface area contributed by atoms with E-state index in [1.54, 1.807) is 30.3 Å². The quantitative estimate of drug-likeness (QED) is 0.649. The molecule has 144 valence electrons. The van der Waals surface area contributed by atoms with Gasteiger partial charge < -0.3 is 16.0 Å². The molecule has 0 radical (unpaired) electrons. The second-order valence-electron chi connectivity index (χ2n) is 6.54. The van der Waals surface area contributed by atoms with Crippen LogP contribution in [0.4, 0.5) is 4.79 Å². The molecule has 0 saturated heterocycles. The molecule has 0 aliphatic carbocycles. The maximum atomic E-state index is 12.4. The van der Waals surface area contributed by atoms with Gasteiger partial charge in [-0.15, -0.1) is 0 Å². The molecule has 0 spiro atoms. The highest BCUT2D eigenvalue weighted by Crippen LogP contribution is 2.26. The average molecular weight is 408 g/mol. The van der Waals surface area contributed by atoms with Crippen LogP contribution in [0.15, 0.2) is 42.5 Å². The van der Waals surface area contributed by atoms with Gasteiger partial charge in [0.25, 0.3) is 5.91 Å². The molecule has 3 N–H and O–H groups in total. The van der Waals surface area contributed by atoms with Crippen LogP contribution in [0.3, 0.4) is 0 Å². The van der Waals surface area contributed by atoms with Gasteiger partial charge in [0.2, 0.25) is 0 Å². The van der Waals surface area contributed by atoms with Crippen molar-refractivity contribution in [1.29, 1.82) is 0 Å². The fraction of sp³-hybridized carbons (Fsp3) is 0.300.